The molecule has 0 amide bonds. The molecule has 3 rings (SSSR count). The van der Waals surface area contributed by atoms with Crippen molar-refractivity contribution in [1.29, 1.82) is 0 Å². The van der Waals surface area contributed by atoms with Gasteiger partial charge in [-0.2, -0.15) is 4.31 Å². The lowest BCUT2D eigenvalue weighted by Crippen LogP contribution is -2.38. The van der Waals surface area contributed by atoms with Crippen LogP contribution < -0.4 is 0 Å². The molecule has 1 heterocycles. The first-order chi connectivity index (χ1) is 12.5. The Morgan fingerprint density at radius 3 is 2.19 bits per heavy atom. The van der Waals surface area contributed by atoms with Crippen molar-refractivity contribution in [2.45, 2.75) is 37.5 Å². The van der Waals surface area contributed by atoms with Gasteiger partial charge >= 0.3 is 0 Å². The Kier molecular flexibility index (Phi) is 5.89. The van der Waals surface area contributed by atoms with Crippen molar-refractivity contribution >= 4 is 15.8 Å². The number of benzene rings is 2. The van der Waals surface area contributed by atoms with Crippen molar-refractivity contribution in [3.05, 3.63) is 65.7 Å². The van der Waals surface area contributed by atoms with E-state index >= 15 is 0 Å². The van der Waals surface area contributed by atoms with E-state index in [2.05, 4.69) is 24.3 Å². The molecular weight excluding hydrogens is 346 g/mol. The Labute approximate surface area is 155 Å². The summed E-state index contributed by atoms with van der Waals surface area (Å²) in [7, 11) is -3.47. The van der Waals surface area contributed by atoms with E-state index in [0.29, 0.717) is 24.6 Å². The molecule has 0 aromatic heterocycles. The molecule has 2 aromatic rings. The quantitative estimate of drug-likeness (QED) is 0.723. The van der Waals surface area contributed by atoms with Crippen LogP contribution in [0, 0.1) is 5.92 Å². The van der Waals surface area contributed by atoms with Gasteiger partial charge in [-0.05, 0) is 56.2 Å². The van der Waals surface area contributed by atoms with Gasteiger partial charge < -0.3 is 0 Å². The average Bonchev–Trinajstić information content (AvgIpc) is 2.67. The second-order valence-electron chi connectivity index (χ2n) is 6.95. The normalized spacial score (nSPS) is 16.5. The molecule has 1 aliphatic rings. The molecule has 0 bridgehead atoms. The number of carbonyl (C=O) groups excluding carboxylic acids is 1. The first-order valence-electron chi connectivity index (χ1n) is 9.12. The third kappa shape index (κ3) is 4.40. The van der Waals surface area contributed by atoms with E-state index < -0.39 is 10.0 Å². The SMILES string of the molecule is CC(=O)c1ccc(S(=O)(=O)N2CCC(CCc3ccccc3)CC2)cc1. The highest BCUT2D eigenvalue weighted by atomic mass is 32.2. The Hall–Kier alpha value is -1.98. The number of hydrogen-bond acceptors (Lipinski definition) is 3. The molecular formula is C21H25NO3S. The van der Waals surface area contributed by atoms with Gasteiger partial charge in [-0.15, -0.1) is 0 Å². The molecule has 4 nitrogen and oxygen atoms in total. The summed E-state index contributed by atoms with van der Waals surface area (Å²) in [5, 5.41) is 0. The summed E-state index contributed by atoms with van der Waals surface area (Å²) in [4.78, 5) is 11.6. The molecule has 138 valence electrons. The van der Waals surface area contributed by atoms with Gasteiger partial charge in [-0.1, -0.05) is 42.5 Å². The highest BCUT2D eigenvalue weighted by Gasteiger charge is 2.29. The number of nitrogens with zero attached hydrogens (tertiary/aromatic N) is 1. The topological polar surface area (TPSA) is 54.5 Å². The lowest BCUT2D eigenvalue weighted by Gasteiger charge is -2.31. The number of Topliss-reactive ketones (excluding diaryl/α,β-unsaturated/α-hetero) is 1. The molecule has 0 aliphatic carbocycles. The monoisotopic (exact) mass is 371 g/mol. The lowest BCUT2D eigenvalue weighted by molar-refractivity contribution is 0.101. The van der Waals surface area contributed by atoms with Gasteiger partial charge in [0.05, 0.1) is 4.90 Å². The van der Waals surface area contributed by atoms with Gasteiger partial charge in [0, 0.05) is 18.7 Å². The van der Waals surface area contributed by atoms with Crippen LogP contribution in [0.15, 0.2) is 59.5 Å². The zero-order valence-electron chi connectivity index (χ0n) is 15.1. The summed E-state index contributed by atoms with van der Waals surface area (Å²) < 4.78 is 27.2. The van der Waals surface area contributed by atoms with Gasteiger partial charge in [-0.3, -0.25) is 4.79 Å². The number of aryl methyl sites for hydroxylation is 1. The minimum Gasteiger partial charge on any atom is -0.295 e. The molecule has 0 unspecified atom stereocenters. The summed E-state index contributed by atoms with van der Waals surface area (Å²) in [6.45, 7) is 2.61. The largest absolute Gasteiger partial charge is 0.295 e. The summed E-state index contributed by atoms with van der Waals surface area (Å²) in [5.41, 5.74) is 1.87. The van der Waals surface area contributed by atoms with Crippen LogP contribution in [0.5, 0.6) is 0 Å². The predicted molar refractivity (Wildman–Crippen MR) is 103 cm³/mol. The van der Waals surface area contributed by atoms with E-state index in [1.54, 1.807) is 16.4 Å². The first kappa shape index (κ1) is 18.8. The minimum atomic E-state index is -3.47. The number of piperidine rings is 1. The first-order valence-corrected chi connectivity index (χ1v) is 10.6. The third-order valence-electron chi connectivity index (χ3n) is 5.16. The van der Waals surface area contributed by atoms with E-state index in [4.69, 9.17) is 0 Å². The third-order valence-corrected chi connectivity index (χ3v) is 7.07. The minimum absolute atomic E-state index is 0.0619. The fraction of sp³-hybridized carbons (Fsp3) is 0.381. The second-order valence-corrected chi connectivity index (χ2v) is 8.89. The van der Waals surface area contributed by atoms with Crippen LogP contribution in [0.25, 0.3) is 0 Å². The van der Waals surface area contributed by atoms with Crippen LogP contribution in [0.4, 0.5) is 0 Å². The van der Waals surface area contributed by atoms with Gasteiger partial charge in [-0.25, -0.2) is 8.42 Å². The molecule has 1 fully saturated rings. The highest BCUT2D eigenvalue weighted by Crippen LogP contribution is 2.27. The van der Waals surface area contributed by atoms with Crippen LogP contribution >= 0.6 is 0 Å². The summed E-state index contributed by atoms with van der Waals surface area (Å²) in [6.07, 6.45) is 3.95. The highest BCUT2D eigenvalue weighted by molar-refractivity contribution is 7.89. The Balaban J connectivity index is 1.57. The molecule has 1 aliphatic heterocycles. The summed E-state index contributed by atoms with van der Waals surface area (Å²) in [5.74, 6) is 0.509. The van der Waals surface area contributed by atoms with Crippen LogP contribution in [0.1, 0.15) is 42.1 Å². The summed E-state index contributed by atoms with van der Waals surface area (Å²) in [6, 6.07) is 16.7. The number of carbonyl (C=O) groups is 1. The average molecular weight is 372 g/mol. The van der Waals surface area contributed by atoms with E-state index in [-0.39, 0.29) is 10.7 Å². The van der Waals surface area contributed by atoms with E-state index in [0.717, 1.165) is 25.7 Å². The van der Waals surface area contributed by atoms with Crippen molar-refractivity contribution in [2.24, 2.45) is 5.92 Å². The Morgan fingerprint density at radius 1 is 1.00 bits per heavy atom. The van der Waals surface area contributed by atoms with E-state index in [1.165, 1.54) is 24.6 Å². The van der Waals surface area contributed by atoms with Crippen LogP contribution in [-0.2, 0) is 16.4 Å². The standard InChI is InChI=1S/C21H25NO3S/c1-17(23)20-9-11-21(12-10-20)26(24,25)22-15-13-19(14-16-22)8-7-18-5-3-2-4-6-18/h2-6,9-12,19H,7-8,13-16H2,1H3. The molecule has 1 saturated heterocycles. The summed E-state index contributed by atoms with van der Waals surface area (Å²) >= 11 is 0. The van der Waals surface area contributed by atoms with Crippen molar-refractivity contribution in [3.63, 3.8) is 0 Å². The van der Waals surface area contributed by atoms with Gasteiger partial charge in [0.2, 0.25) is 10.0 Å². The maximum absolute atomic E-state index is 12.8. The molecule has 5 heteroatoms. The number of sulfonamides is 1. The molecule has 0 atom stereocenters. The zero-order chi connectivity index (χ0) is 18.6. The van der Waals surface area contributed by atoms with Crippen molar-refractivity contribution < 1.29 is 13.2 Å². The maximum Gasteiger partial charge on any atom is 0.243 e. The van der Waals surface area contributed by atoms with Gasteiger partial charge in [0.1, 0.15) is 0 Å². The molecule has 2 aromatic carbocycles. The fourth-order valence-corrected chi connectivity index (χ4v) is 4.93. The zero-order valence-corrected chi connectivity index (χ0v) is 15.9. The van der Waals surface area contributed by atoms with Crippen molar-refractivity contribution in [3.8, 4) is 0 Å². The number of ketones is 1. The van der Waals surface area contributed by atoms with E-state index in [1.807, 2.05) is 6.07 Å². The lowest BCUT2D eigenvalue weighted by atomic mass is 9.91. The van der Waals surface area contributed by atoms with Crippen molar-refractivity contribution in [2.75, 3.05) is 13.1 Å². The van der Waals surface area contributed by atoms with Crippen LogP contribution in [0.2, 0.25) is 0 Å². The van der Waals surface area contributed by atoms with Gasteiger partial charge in [0.25, 0.3) is 0 Å². The molecule has 0 saturated carbocycles. The smallest absolute Gasteiger partial charge is 0.243 e. The second kappa shape index (κ2) is 8.14. The molecule has 0 N–H and O–H groups in total. The predicted octanol–water partition coefficient (Wildman–Crippen LogP) is 3.92. The maximum atomic E-state index is 12.8. The Morgan fingerprint density at radius 2 is 1.62 bits per heavy atom. The number of rotatable bonds is 6. The van der Waals surface area contributed by atoms with Crippen molar-refractivity contribution in [1.82, 2.24) is 4.31 Å². The molecule has 0 spiro atoms. The number of hydrogen-bond donors (Lipinski definition) is 0. The fourth-order valence-electron chi connectivity index (χ4n) is 3.46. The molecule has 0 radical (unpaired) electrons. The van der Waals surface area contributed by atoms with E-state index in [9.17, 15) is 13.2 Å². The Bertz CT molecular complexity index is 837. The van der Waals surface area contributed by atoms with Gasteiger partial charge in [0.15, 0.2) is 5.78 Å². The molecule has 26 heavy (non-hydrogen) atoms. The van der Waals surface area contributed by atoms with Crippen LogP contribution in [0.3, 0.4) is 0 Å². The van der Waals surface area contributed by atoms with Crippen LogP contribution in [-0.4, -0.2) is 31.6 Å².